The Labute approximate surface area is 169 Å². The van der Waals surface area contributed by atoms with Crippen LogP contribution in [0.15, 0.2) is 73.1 Å². The van der Waals surface area contributed by atoms with Gasteiger partial charge in [-0.15, -0.1) is 0 Å². The maximum absolute atomic E-state index is 13.0. The molecule has 0 aliphatic carbocycles. The number of imide groups is 1. The van der Waals surface area contributed by atoms with Crippen LogP contribution in [0.25, 0.3) is 5.69 Å². The van der Waals surface area contributed by atoms with Crippen LogP contribution >= 0.6 is 0 Å². The van der Waals surface area contributed by atoms with E-state index in [0.29, 0.717) is 6.54 Å². The number of hydrogen-bond donors (Lipinski definition) is 1. The van der Waals surface area contributed by atoms with Gasteiger partial charge in [-0.3, -0.25) is 9.69 Å². The highest BCUT2D eigenvalue weighted by molar-refractivity contribution is 6.07. The van der Waals surface area contributed by atoms with Crippen LogP contribution in [0.2, 0.25) is 0 Å². The molecule has 3 aromatic rings. The van der Waals surface area contributed by atoms with Crippen LogP contribution in [0.5, 0.6) is 0 Å². The Hall–Kier alpha value is -3.45. The van der Waals surface area contributed by atoms with E-state index in [1.54, 1.807) is 13.1 Å². The molecule has 0 radical (unpaired) electrons. The zero-order valence-corrected chi connectivity index (χ0v) is 16.4. The van der Waals surface area contributed by atoms with Gasteiger partial charge in [-0.1, -0.05) is 48.5 Å². The fourth-order valence-electron chi connectivity index (χ4n) is 3.56. The van der Waals surface area contributed by atoms with Gasteiger partial charge in [0.05, 0.1) is 18.6 Å². The van der Waals surface area contributed by atoms with Crippen LogP contribution in [0, 0.1) is 0 Å². The summed E-state index contributed by atoms with van der Waals surface area (Å²) in [5.41, 5.74) is 1.70. The van der Waals surface area contributed by atoms with Gasteiger partial charge in [-0.25, -0.2) is 14.4 Å². The fourth-order valence-corrected chi connectivity index (χ4v) is 3.56. The maximum Gasteiger partial charge on any atom is 0.326 e. The summed E-state index contributed by atoms with van der Waals surface area (Å²) in [5.74, 6) is -0.250. The molecule has 2 heterocycles. The lowest BCUT2D eigenvalue weighted by Gasteiger charge is -2.24. The number of carbonyl (C=O) groups excluding carboxylic acids is 2. The molecule has 3 amide bonds. The average Bonchev–Trinajstić information content (AvgIpc) is 3.28. The Morgan fingerprint density at radius 2 is 1.69 bits per heavy atom. The van der Waals surface area contributed by atoms with Crippen LogP contribution in [0.3, 0.4) is 0 Å². The Morgan fingerprint density at radius 3 is 2.38 bits per heavy atom. The molecule has 7 nitrogen and oxygen atoms in total. The van der Waals surface area contributed by atoms with Crippen LogP contribution < -0.4 is 5.32 Å². The van der Waals surface area contributed by atoms with Crippen molar-refractivity contribution in [3.63, 3.8) is 0 Å². The molecule has 1 aromatic heterocycles. The lowest BCUT2D eigenvalue weighted by atomic mass is 9.92. The number of nitrogens with one attached hydrogen (secondary N) is 1. The first-order valence-corrected chi connectivity index (χ1v) is 9.44. The number of rotatable bonds is 6. The predicted molar refractivity (Wildman–Crippen MR) is 109 cm³/mol. The Balaban J connectivity index is 1.44. The summed E-state index contributed by atoms with van der Waals surface area (Å²) >= 11 is 0. The van der Waals surface area contributed by atoms with Gasteiger partial charge in [0.25, 0.3) is 5.91 Å². The van der Waals surface area contributed by atoms with Gasteiger partial charge < -0.3 is 5.32 Å². The van der Waals surface area contributed by atoms with Crippen molar-refractivity contribution in [3.8, 4) is 5.69 Å². The van der Waals surface area contributed by atoms with Gasteiger partial charge in [0.1, 0.15) is 5.54 Å². The molecule has 29 heavy (non-hydrogen) atoms. The second-order valence-electron chi connectivity index (χ2n) is 7.44. The topological polar surface area (TPSA) is 70.5 Å². The highest BCUT2D eigenvalue weighted by Gasteiger charge is 2.49. The third-order valence-electron chi connectivity index (χ3n) is 5.12. The van der Waals surface area contributed by atoms with Gasteiger partial charge in [-0.05, 0) is 31.7 Å². The molecular weight excluding hydrogens is 366 g/mol. The summed E-state index contributed by atoms with van der Waals surface area (Å²) in [6.07, 6.45) is 3.75. The van der Waals surface area contributed by atoms with Crippen LogP contribution in [0.1, 0.15) is 18.1 Å². The molecule has 0 spiro atoms. The molecule has 0 bridgehead atoms. The molecule has 0 unspecified atom stereocenters. The summed E-state index contributed by atoms with van der Waals surface area (Å²) in [6, 6.07) is 18.8. The van der Waals surface area contributed by atoms with E-state index in [9.17, 15) is 9.59 Å². The smallest absolute Gasteiger partial charge is 0.319 e. The van der Waals surface area contributed by atoms with Crippen LogP contribution in [-0.2, 0) is 16.9 Å². The van der Waals surface area contributed by atoms with E-state index in [2.05, 4.69) is 10.4 Å². The van der Waals surface area contributed by atoms with Crippen molar-refractivity contribution < 1.29 is 9.59 Å². The van der Waals surface area contributed by atoms with E-state index in [1.165, 1.54) is 4.90 Å². The molecule has 7 heteroatoms. The molecule has 1 saturated heterocycles. The number of nitrogens with zero attached hydrogens (tertiary/aromatic N) is 4. The minimum atomic E-state index is -1.04. The quantitative estimate of drug-likeness (QED) is 0.658. The van der Waals surface area contributed by atoms with E-state index in [4.69, 9.17) is 0 Å². The molecule has 0 saturated carbocycles. The Kier molecular flexibility index (Phi) is 4.90. The second kappa shape index (κ2) is 7.52. The predicted octanol–water partition coefficient (Wildman–Crippen LogP) is 2.73. The monoisotopic (exact) mass is 389 g/mol. The second-order valence-corrected chi connectivity index (χ2v) is 7.44. The zero-order chi connectivity index (χ0) is 20.4. The fraction of sp³-hybridized carbons (Fsp3) is 0.227. The highest BCUT2D eigenvalue weighted by atomic mass is 16.2. The number of aromatic nitrogens is 2. The first-order chi connectivity index (χ1) is 14.0. The van der Waals surface area contributed by atoms with E-state index in [1.807, 2.05) is 83.5 Å². The third-order valence-corrected chi connectivity index (χ3v) is 5.12. The minimum Gasteiger partial charge on any atom is -0.319 e. The summed E-state index contributed by atoms with van der Waals surface area (Å²) in [5, 5.41) is 7.23. The van der Waals surface area contributed by atoms with Gasteiger partial charge in [0.15, 0.2) is 0 Å². The van der Waals surface area contributed by atoms with Crippen molar-refractivity contribution in [1.29, 1.82) is 0 Å². The molecule has 1 aliphatic rings. The maximum atomic E-state index is 13.0. The zero-order valence-electron chi connectivity index (χ0n) is 16.4. The molecule has 4 rings (SSSR count). The van der Waals surface area contributed by atoms with E-state index >= 15 is 0 Å². The standard InChI is InChI=1S/C22H23N5O2/c1-22(18-9-5-3-6-10-18)20(28)26(21(29)24-22)16-25(2)14-17-13-23-27(15-17)19-11-7-4-8-12-19/h3-13,15H,14,16H2,1-2H3,(H,24,29)/t22-/m0/s1. The van der Waals surface area contributed by atoms with Crippen molar-refractivity contribution in [1.82, 2.24) is 24.9 Å². The summed E-state index contributed by atoms with van der Waals surface area (Å²) < 4.78 is 1.81. The van der Waals surface area contributed by atoms with Gasteiger partial charge in [0.2, 0.25) is 0 Å². The number of urea groups is 1. The molecule has 2 aromatic carbocycles. The Bertz CT molecular complexity index is 1020. The number of para-hydroxylation sites is 1. The van der Waals surface area contributed by atoms with Crippen molar-refractivity contribution >= 4 is 11.9 Å². The van der Waals surface area contributed by atoms with Crippen molar-refractivity contribution in [3.05, 3.63) is 84.2 Å². The van der Waals surface area contributed by atoms with Crippen molar-refractivity contribution in [2.45, 2.75) is 19.0 Å². The van der Waals surface area contributed by atoms with Gasteiger partial charge in [0, 0.05) is 18.3 Å². The molecule has 1 fully saturated rings. The number of benzene rings is 2. The van der Waals surface area contributed by atoms with Crippen LogP contribution in [-0.4, -0.2) is 45.2 Å². The SMILES string of the molecule is CN(Cc1cnn(-c2ccccc2)c1)CN1C(=O)N[C@@](C)(c2ccccc2)C1=O. The van der Waals surface area contributed by atoms with E-state index < -0.39 is 5.54 Å². The van der Waals surface area contributed by atoms with Crippen molar-refractivity contribution in [2.75, 3.05) is 13.7 Å². The van der Waals surface area contributed by atoms with Gasteiger partial charge in [-0.2, -0.15) is 5.10 Å². The minimum absolute atomic E-state index is 0.198. The largest absolute Gasteiger partial charge is 0.326 e. The third kappa shape index (κ3) is 3.64. The molecule has 148 valence electrons. The highest BCUT2D eigenvalue weighted by Crippen LogP contribution is 2.28. The Morgan fingerprint density at radius 1 is 1.03 bits per heavy atom. The average molecular weight is 389 g/mol. The van der Waals surface area contributed by atoms with E-state index in [0.717, 1.165) is 16.8 Å². The van der Waals surface area contributed by atoms with E-state index in [-0.39, 0.29) is 18.6 Å². The lowest BCUT2D eigenvalue weighted by Crippen LogP contribution is -2.42. The number of carbonyl (C=O) groups is 2. The number of amides is 3. The molecular formula is C22H23N5O2. The molecule has 1 atom stereocenters. The lowest BCUT2D eigenvalue weighted by molar-refractivity contribution is -0.132. The molecule has 1 aliphatic heterocycles. The van der Waals surface area contributed by atoms with Gasteiger partial charge >= 0.3 is 6.03 Å². The summed E-state index contributed by atoms with van der Waals surface area (Å²) in [7, 11) is 1.87. The van der Waals surface area contributed by atoms with Crippen molar-refractivity contribution in [2.24, 2.45) is 0 Å². The first-order valence-electron chi connectivity index (χ1n) is 9.44. The number of hydrogen-bond acceptors (Lipinski definition) is 4. The normalized spacial score (nSPS) is 19.1. The summed E-state index contributed by atoms with van der Waals surface area (Å²) in [4.78, 5) is 28.7. The summed E-state index contributed by atoms with van der Waals surface area (Å²) in [6.45, 7) is 2.50. The van der Waals surface area contributed by atoms with Crippen LogP contribution in [0.4, 0.5) is 4.79 Å². The first kappa shape index (κ1) is 18.9. The molecule has 1 N–H and O–H groups in total.